The topological polar surface area (TPSA) is 54.0 Å². The van der Waals surface area contributed by atoms with Gasteiger partial charge in [-0.25, -0.2) is 0 Å². The molecule has 0 saturated heterocycles. The number of benzene rings is 2. The van der Waals surface area contributed by atoms with Gasteiger partial charge in [0.25, 0.3) is 0 Å². The third-order valence-electron chi connectivity index (χ3n) is 5.13. The smallest absolute Gasteiger partial charge is 0.308 e. The lowest BCUT2D eigenvalue weighted by Crippen LogP contribution is -2.23. The summed E-state index contributed by atoms with van der Waals surface area (Å²) in [5.41, 5.74) is 4.47. The summed E-state index contributed by atoms with van der Waals surface area (Å²) in [6.45, 7) is 6.09. The van der Waals surface area contributed by atoms with Crippen LogP contribution in [0.25, 0.3) is 0 Å². The Labute approximate surface area is 164 Å². The first kappa shape index (κ1) is 18.4. The molecule has 2 atom stereocenters. The molecule has 0 fully saturated rings. The predicted octanol–water partition coefficient (Wildman–Crippen LogP) is 4.74. The van der Waals surface area contributed by atoms with Crippen LogP contribution < -0.4 is 18.9 Å². The Bertz CT molecular complexity index is 956. The summed E-state index contributed by atoms with van der Waals surface area (Å²) in [6.07, 6.45) is 2.85. The van der Waals surface area contributed by atoms with Gasteiger partial charge in [0.05, 0.1) is 19.6 Å². The third-order valence-corrected chi connectivity index (χ3v) is 5.13. The summed E-state index contributed by atoms with van der Waals surface area (Å²) in [6, 6.07) is 9.62. The molecule has 0 bridgehead atoms. The van der Waals surface area contributed by atoms with E-state index in [1.165, 1.54) is 12.5 Å². The fourth-order valence-corrected chi connectivity index (χ4v) is 3.81. The first-order valence-electron chi connectivity index (χ1n) is 9.42. The number of hydrogen-bond donors (Lipinski definition) is 0. The average Bonchev–Trinajstić information content (AvgIpc) is 3.03. The monoisotopic (exact) mass is 380 g/mol. The van der Waals surface area contributed by atoms with E-state index in [1.54, 1.807) is 19.2 Å². The fraction of sp³-hybridized carbons (Fsp3) is 0.348. The number of hydrogen-bond acceptors (Lipinski definition) is 5. The van der Waals surface area contributed by atoms with Crippen LogP contribution in [0, 0.1) is 0 Å². The van der Waals surface area contributed by atoms with Gasteiger partial charge in [0.1, 0.15) is 29.1 Å². The summed E-state index contributed by atoms with van der Waals surface area (Å²) in [7, 11) is 1.68. The maximum atomic E-state index is 11.2. The van der Waals surface area contributed by atoms with Gasteiger partial charge in [0.2, 0.25) is 0 Å². The predicted molar refractivity (Wildman–Crippen MR) is 105 cm³/mol. The minimum Gasteiger partial charge on any atom is -0.496 e. The first-order valence-corrected chi connectivity index (χ1v) is 9.42. The molecule has 0 saturated carbocycles. The van der Waals surface area contributed by atoms with Gasteiger partial charge in [0.15, 0.2) is 0 Å². The number of carbonyl (C=O) groups excluding carboxylic acids is 1. The van der Waals surface area contributed by atoms with Crippen LogP contribution >= 0.6 is 0 Å². The van der Waals surface area contributed by atoms with E-state index in [2.05, 4.69) is 26.0 Å². The van der Waals surface area contributed by atoms with E-state index in [0.717, 1.165) is 40.4 Å². The lowest BCUT2D eigenvalue weighted by atomic mass is 9.88. The average molecular weight is 380 g/mol. The number of esters is 1. The molecule has 2 heterocycles. The van der Waals surface area contributed by atoms with Crippen LogP contribution in [0.4, 0.5) is 0 Å². The number of carbonyl (C=O) groups is 1. The van der Waals surface area contributed by atoms with Gasteiger partial charge in [-0.1, -0.05) is 17.7 Å². The van der Waals surface area contributed by atoms with Gasteiger partial charge in [-0.05, 0) is 38.0 Å². The molecular formula is C23H24O5. The molecule has 2 aromatic carbocycles. The highest BCUT2D eigenvalue weighted by molar-refractivity contribution is 5.69. The molecule has 5 nitrogen and oxygen atoms in total. The molecule has 4 rings (SSSR count). The first-order chi connectivity index (χ1) is 13.5. The molecule has 2 unspecified atom stereocenters. The molecule has 2 aliphatic heterocycles. The molecule has 0 aromatic heterocycles. The summed E-state index contributed by atoms with van der Waals surface area (Å²) < 4.78 is 23.1. The van der Waals surface area contributed by atoms with Crippen molar-refractivity contribution in [3.63, 3.8) is 0 Å². The third kappa shape index (κ3) is 3.33. The van der Waals surface area contributed by atoms with Gasteiger partial charge in [-0.15, -0.1) is 0 Å². The zero-order valence-electron chi connectivity index (χ0n) is 16.6. The molecule has 0 aliphatic carbocycles. The Morgan fingerprint density at radius 1 is 1.14 bits per heavy atom. The van der Waals surface area contributed by atoms with Crippen molar-refractivity contribution in [2.75, 3.05) is 13.7 Å². The molecule has 0 spiro atoms. The van der Waals surface area contributed by atoms with Crippen molar-refractivity contribution in [3.8, 4) is 23.0 Å². The quantitative estimate of drug-likeness (QED) is 0.436. The van der Waals surface area contributed by atoms with Gasteiger partial charge in [-0.2, -0.15) is 0 Å². The van der Waals surface area contributed by atoms with Crippen molar-refractivity contribution < 1.29 is 23.7 Å². The molecule has 2 aromatic rings. The van der Waals surface area contributed by atoms with Crippen molar-refractivity contribution >= 4 is 5.97 Å². The lowest BCUT2D eigenvalue weighted by molar-refractivity contribution is -0.131. The Balaban J connectivity index is 1.69. The van der Waals surface area contributed by atoms with Crippen LogP contribution in [0.1, 0.15) is 49.5 Å². The molecule has 2 aliphatic rings. The second kappa shape index (κ2) is 7.23. The van der Waals surface area contributed by atoms with E-state index >= 15 is 0 Å². The Morgan fingerprint density at radius 3 is 2.68 bits per heavy atom. The highest BCUT2D eigenvalue weighted by atomic mass is 16.5. The van der Waals surface area contributed by atoms with Crippen molar-refractivity contribution in [2.45, 2.75) is 39.2 Å². The van der Waals surface area contributed by atoms with Crippen molar-refractivity contribution in [2.24, 2.45) is 0 Å². The van der Waals surface area contributed by atoms with Crippen LogP contribution in [0.15, 0.2) is 42.0 Å². The van der Waals surface area contributed by atoms with Crippen LogP contribution in [0.3, 0.4) is 0 Å². The maximum absolute atomic E-state index is 11.2. The molecule has 146 valence electrons. The number of fused-ring (bicyclic) bond motifs is 5. The maximum Gasteiger partial charge on any atom is 0.308 e. The number of rotatable bonds is 4. The Kier molecular flexibility index (Phi) is 4.75. The second-order valence-electron chi connectivity index (χ2n) is 7.44. The van der Waals surface area contributed by atoms with E-state index in [0.29, 0.717) is 12.4 Å². The number of ether oxygens (including phenoxy) is 4. The summed E-state index contributed by atoms with van der Waals surface area (Å²) in [4.78, 5) is 11.2. The molecule has 28 heavy (non-hydrogen) atoms. The van der Waals surface area contributed by atoms with Crippen LogP contribution in [0.2, 0.25) is 0 Å². The highest BCUT2D eigenvalue weighted by Gasteiger charge is 2.41. The van der Waals surface area contributed by atoms with E-state index in [1.807, 2.05) is 12.1 Å². The van der Waals surface area contributed by atoms with E-state index < -0.39 is 0 Å². The minimum absolute atomic E-state index is 0.110. The number of allylic oxidation sites excluding steroid dienone is 2. The van der Waals surface area contributed by atoms with Gasteiger partial charge in [-0.3, -0.25) is 4.79 Å². The molecule has 0 radical (unpaired) electrons. The van der Waals surface area contributed by atoms with E-state index in [-0.39, 0.29) is 18.0 Å². The highest BCUT2D eigenvalue weighted by Crippen LogP contribution is 2.52. The molecule has 5 heteroatoms. The minimum atomic E-state index is -0.347. The van der Waals surface area contributed by atoms with Crippen molar-refractivity contribution in [3.05, 3.63) is 58.7 Å². The van der Waals surface area contributed by atoms with Crippen LogP contribution in [-0.2, 0) is 11.2 Å². The summed E-state index contributed by atoms with van der Waals surface area (Å²) in [5, 5.41) is 0. The van der Waals surface area contributed by atoms with Gasteiger partial charge in [0, 0.05) is 30.2 Å². The zero-order chi connectivity index (χ0) is 19.8. The molecule has 0 N–H and O–H groups in total. The second-order valence-corrected chi connectivity index (χ2v) is 7.44. The van der Waals surface area contributed by atoms with Crippen molar-refractivity contribution in [1.29, 1.82) is 0 Å². The van der Waals surface area contributed by atoms with Crippen LogP contribution in [-0.4, -0.2) is 19.7 Å². The number of methoxy groups -OCH3 is 1. The van der Waals surface area contributed by atoms with Crippen molar-refractivity contribution in [1.82, 2.24) is 0 Å². The van der Waals surface area contributed by atoms with E-state index in [4.69, 9.17) is 18.9 Å². The summed E-state index contributed by atoms with van der Waals surface area (Å²) in [5.74, 6) is 2.62. The van der Waals surface area contributed by atoms with Gasteiger partial charge >= 0.3 is 5.97 Å². The molecular weight excluding hydrogens is 356 g/mol. The van der Waals surface area contributed by atoms with E-state index in [9.17, 15) is 4.79 Å². The Hall–Kier alpha value is -2.95. The zero-order valence-corrected chi connectivity index (χ0v) is 16.6. The standard InChI is InChI=1S/C23H24O5/c1-13(2)5-6-15-9-18-21(11-20(15)25-4)26-12-19-17-8-7-16(27-14(3)24)10-22(17)28-23(18)19/h5,7-11,19,23H,6,12H2,1-4H3. The lowest BCUT2D eigenvalue weighted by Gasteiger charge is -2.29. The fourth-order valence-electron chi connectivity index (χ4n) is 3.81. The largest absolute Gasteiger partial charge is 0.496 e. The van der Waals surface area contributed by atoms with Crippen LogP contribution in [0.5, 0.6) is 23.0 Å². The molecule has 0 amide bonds. The van der Waals surface area contributed by atoms with Gasteiger partial charge < -0.3 is 18.9 Å². The Morgan fingerprint density at radius 2 is 1.96 bits per heavy atom. The normalized spacial score (nSPS) is 18.7. The SMILES string of the molecule is COc1cc2c(cc1CC=C(C)C)C1Oc3cc(OC(C)=O)ccc3C1CO2. The summed E-state index contributed by atoms with van der Waals surface area (Å²) >= 11 is 0.